The van der Waals surface area contributed by atoms with Crippen LogP contribution >= 0.6 is 0 Å². The van der Waals surface area contributed by atoms with Gasteiger partial charge >= 0.3 is 0 Å². The first-order chi connectivity index (χ1) is 8.43. The van der Waals surface area contributed by atoms with Crippen LogP contribution in [-0.4, -0.2) is 32.7 Å². The number of amides is 1. The number of anilines is 1. The fraction of sp³-hybridized carbons (Fsp3) is 0.692. The Balaban J connectivity index is 2.35. The number of carbonyl (C=O) groups is 1. The molecule has 2 atom stereocenters. The third kappa shape index (κ3) is 1.98. The molecule has 1 aromatic heterocycles. The SMILES string of the molecule is Cc1nn(C)c(C(=O)N2C(C)CCCC2C)c1N. The van der Waals surface area contributed by atoms with Gasteiger partial charge in [0.25, 0.3) is 5.91 Å². The highest BCUT2D eigenvalue weighted by atomic mass is 16.2. The third-order valence-corrected chi connectivity index (χ3v) is 3.90. The predicted molar refractivity (Wildman–Crippen MR) is 71.3 cm³/mol. The first-order valence-electron chi connectivity index (χ1n) is 6.55. The summed E-state index contributed by atoms with van der Waals surface area (Å²) in [6.07, 6.45) is 3.31. The van der Waals surface area contributed by atoms with Gasteiger partial charge in [0.05, 0.1) is 11.4 Å². The van der Waals surface area contributed by atoms with Crippen molar-refractivity contribution in [2.24, 2.45) is 7.05 Å². The fourth-order valence-corrected chi connectivity index (χ4v) is 2.87. The van der Waals surface area contributed by atoms with Crippen LogP contribution in [0.5, 0.6) is 0 Å². The Bertz CT molecular complexity index is 456. The smallest absolute Gasteiger partial charge is 0.274 e. The molecule has 1 aliphatic rings. The lowest BCUT2D eigenvalue weighted by Crippen LogP contribution is -2.48. The van der Waals surface area contributed by atoms with Gasteiger partial charge in [-0.05, 0) is 40.0 Å². The predicted octanol–water partition coefficient (Wildman–Crippen LogP) is 1.71. The molecule has 1 saturated heterocycles. The molecule has 1 fully saturated rings. The maximum Gasteiger partial charge on any atom is 0.274 e. The van der Waals surface area contributed by atoms with E-state index in [-0.39, 0.29) is 18.0 Å². The number of hydrogen-bond acceptors (Lipinski definition) is 3. The molecule has 2 rings (SSSR count). The lowest BCUT2D eigenvalue weighted by molar-refractivity contribution is 0.0500. The van der Waals surface area contributed by atoms with E-state index in [0.29, 0.717) is 11.4 Å². The molecule has 1 amide bonds. The van der Waals surface area contributed by atoms with Gasteiger partial charge in [-0.2, -0.15) is 5.10 Å². The van der Waals surface area contributed by atoms with Gasteiger partial charge in [0.15, 0.2) is 0 Å². The first kappa shape index (κ1) is 12.9. The number of aromatic nitrogens is 2. The molecule has 2 heterocycles. The number of nitrogens with zero attached hydrogens (tertiary/aromatic N) is 3. The van der Waals surface area contributed by atoms with Crippen molar-refractivity contribution in [3.8, 4) is 0 Å². The molecule has 0 radical (unpaired) electrons. The number of rotatable bonds is 1. The molecule has 0 aliphatic carbocycles. The van der Waals surface area contributed by atoms with E-state index in [1.165, 1.54) is 6.42 Å². The van der Waals surface area contributed by atoms with Gasteiger partial charge in [-0.15, -0.1) is 0 Å². The second-order valence-electron chi connectivity index (χ2n) is 5.31. The molecule has 5 heteroatoms. The molecule has 5 nitrogen and oxygen atoms in total. The number of nitrogens with two attached hydrogens (primary N) is 1. The number of piperidine rings is 1. The minimum absolute atomic E-state index is 0.00954. The van der Waals surface area contributed by atoms with Gasteiger partial charge in [0.2, 0.25) is 0 Å². The zero-order chi connectivity index (χ0) is 13.4. The molecule has 2 N–H and O–H groups in total. The Morgan fingerprint density at radius 2 is 1.89 bits per heavy atom. The van der Waals surface area contributed by atoms with Gasteiger partial charge in [0, 0.05) is 19.1 Å². The zero-order valence-electron chi connectivity index (χ0n) is 11.6. The van der Waals surface area contributed by atoms with Crippen molar-refractivity contribution < 1.29 is 4.79 Å². The van der Waals surface area contributed by atoms with Crippen molar-refractivity contribution in [1.82, 2.24) is 14.7 Å². The number of hydrogen-bond donors (Lipinski definition) is 1. The third-order valence-electron chi connectivity index (χ3n) is 3.90. The number of likely N-dealkylation sites (tertiary alicyclic amines) is 1. The summed E-state index contributed by atoms with van der Waals surface area (Å²) in [6.45, 7) is 6.04. The summed E-state index contributed by atoms with van der Waals surface area (Å²) in [7, 11) is 1.77. The normalized spacial score (nSPS) is 24.3. The van der Waals surface area contributed by atoms with Crippen LogP contribution in [0.15, 0.2) is 0 Å². The summed E-state index contributed by atoms with van der Waals surface area (Å²) >= 11 is 0. The summed E-state index contributed by atoms with van der Waals surface area (Å²) in [4.78, 5) is 14.6. The van der Waals surface area contributed by atoms with E-state index in [0.717, 1.165) is 18.5 Å². The highest BCUT2D eigenvalue weighted by Gasteiger charge is 2.32. The molecule has 0 aromatic carbocycles. The Hall–Kier alpha value is -1.52. The standard InChI is InChI=1S/C13H22N4O/c1-8-6-5-7-9(2)17(8)13(18)12-11(14)10(3)15-16(12)4/h8-9H,5-7,14H2,1-4H3. The molecule has 1 aliphatic heterocycles. The number of nitrogen functional groups attached to an aromatic ring is 1. The van der Waals surface area contributed by atoms with Crippen LogP contribution < -0.4 is 5.73 Å². The van der Waals surface area contributed by atoms with E-state index < -0.39 is 0 Å². The highest BCUT2D eigenvalue weighted by molar-refractivity contribution is 5.98. The maximum atomic E-state index is 12.7. The van der Waals surface area contributed by atoms with Crippen LogP contribution in [0.25, 0.3) is 0 Å². The van der Waals surface area contributed by atoms with Crippen LogP contribution in [0.3, 0.4) is 0 Å². The van der Waals surface area contributed by atoms with E-state index in [9.17, 15) is 4.79 Å². The van der Waals surface area contributed by atoms with Gasteiger partial charge < -0.3 is 10.6 Å². The lowest BCUT2D eigenvalue weighted by Gasteiger charge is -2.39. The molecule has 2 unspecified atom stereocenters. The van der Waals surface area contributed by atoms with E-state index in [1.807, 2.05) is 11.8 Å². The number of carbonyl (C=O) groups excluding carboxylic acids is 1. The monoisotopic (exact) mass is 250 g/mol. The largest absolute Gasteiger partial charge is 0.395 e. The second-order valence-corrected chi connectivity index (χ2v) is 5.31. The van der Waals surface area contributed by atoms with Crippen LogP contribution in [0.4, 0.5) is 5.69 Å². The molecular weight excluding hydrogens is 228 g/mol. The second kappa shape index (κ2) is 4.63. The lowest BCUT2D eigenvalue weighted by atomic mass is 9.97. The molecule has 0 saturated carbocycles. The van der Waals surface area contributed by atoms with Gasteiger partial charge in [0.1, 0.15) is 5.69 Å². The van der Waals surface area contributed by atoms with Crippen molar-refractivity contribution in [3.05, 3.63) is 11.4 Å². The van der Waals surface area contributed by atoms with Gasteiger partial charge in [-0.3, -0.25) is 9.48 Å². The fourth-order valence-electron chi connectivity index (χ4n) is 2.87. The molecule has 1 aromatic rings. The highest BCUT2D eigenvalue weighted by Crippen LogP contribution is 2.26. The summed E-state index contributed by atoms with van der Waals surface area (Å²) in [5, 5.41) is 4.22. The van der Waals surface area contributed by atoms with Crippen molar-refractivity contribution >= 4 is 11.6 Å². The van der Waals surface area contributed by atoms with E-state index in [4.69, 9.17) is 5.73 Å². The van der Waals surface area contributed by atoms with E-state index in [2.05, 4.69) is 18.9 Å². The van der Waals surface area contributed by atoms with Crippen molar-refractivity contribution in [3.63, 3.8) is 0 Å². The minimum atomic E-state index is 0.00954. The van der Waals surface area contributed by atoms with Gasteiger partial charge in [-0.25, -0.2) is 0 Å². The van der Waals surface area contributed by atoms with Crippen LogP contribution in [0.1, 0.15) is 49.3 Å². The average molecular weight is 250 g/mol. The molecule has 100 valence electrons. The Labute approximate surface area is 108 Å². The summed E-state index contributed by atoms with van der Waals surface area (Å²) in [6, 6.07) is 0.548. The zero-order valence-corrected chi connectivity index (χ0v) is 11.6. The Kier molecular flexibility index (Phi) is 3.32. The topological polar surface area (TPSA) is 64.2 Å². The van der Waals surface area contributed by atoms with Crippen LogP contribution in [-0.2, 0) is 7.05 Å². The van der Waals surface area contributed by atoms with Crippen LogP contribution in [0, 0.1) is 6.92 Å². The van der Waals surface area contributed by atoms with Crippen LogP contribution in [0.2, 0.25) is 0 Å². The summed E-state index contributed by atoms with van der Waals surface area (Å²) in [5.41, 5.74) is 7.72. The quantitative estimate of drug-likeness (QED) is 0.825. The Morgan fingerprint density at radius 3 is 2.33 bits per heavy atom. The average Bonchev–Trinajstić information content (AvgIpc) is 2.52. The van der Waals surface area contributed by atoms with E-state index in [1.54, 1.807) is 11.7 Å². The molecule has 18 heavy (non-hydrogen) atoms. The Morgan fingerprint density at radius 1 is 1.33 bits per heavy atom. The molecule has 0 bridgehead atoms. The van der Waals surface area contributed by atoms with Crippen molar-refractivity contribution in [1.29, 1.82) is 0 Å². The molecular formula is C13H22N4O. The van der Waals surface area contributed by atoms with Crippen molar-refractivity contribution in [2.45, 2.75) is 52.1 Å². The summed E-state index contributed by atoms with van der Waals surface area (Å²) < 4.78 is 1.60. The number of aryl methyl sites for hydroxylation is 2. The summed E-state index contributed by atoms with van der Waals surface area (Å²) in [5.74, 6) is 0.00954. The minimum Gasteiger partial charge on any atom is -0.395 e. The maximum absolute atomic E-state index is 12.7. The van der Waals surface area contributed by atoms with Crippen molar-refractivity contribution in [2.75, 3.05) is 5.73 Å². The molecule has 0 spiro atoms. The first-order valence-corrected chi connectivity index (χ1v) is 6.55. The van der Waals surface area contributed by atoms with E-state index >= 15 is 0 Å². The van der Waals surface area contributed by atoms with Gasteiger partial charge in [-0.1, -0.05) is 0 Å².